The van der Waals surface area contributed by atoms with Crippen molar-refractivity contribution in [2.45, 2.75) is 45.6 Å². The smallest absolute Gasteiger partial charge is 0.0622 e. The van der Waals surface area contributed by atoms with E-state index < -0.39 is 5.60 Å². The maximum Gasteiger partial charge on any atom is 0.0622 e. The fourth-order valence-corrected chi connectivity index (χ4v) is 1.74. The number of hydrogen-bond acceptors (Lipinski definition) is 1. The minimum atomic E-state index is -0.500. The minimum absolute atomic E-state index is 0.415. The predicted molar refractivity (Wildman–Crippen MR) is 47.1 cm³/mol. The molecule has 0 aliphatic heterocycles. The van der Waals surface area contributed by atoms with Gasteiger partial charge >= 0.3 is 0 Å². The molecule has 1 aliphatic rings. The van der Waals surface area contributed by atoms with Gasteiger partial charge in [-0.25, -0.2) is 0 Å². The van der Waals surface area contributed by atoms with E-state index in [1.807, 2.05) is 13.8 Å². The van der Waals surface area contributed by atoms with Gasteiger partial charge in [-0.3, -0.25) is 0 Å². The van der Waals surface area contributed by atoms with E-state index in [-0.39, 0.29) is 0 Å². The molecule has 1 saturated carbocycles. The summed E-state index contributed by atoms with van der Waals surface area (Å²) in [5.74, 6) is 1.24. The first kappa shape index (κ1) is 9.05. The first-order valence-corrected chi connectivity index (χ1v) is 4.56. The third-order valence-electron chi connectivity index (χ3n) is 2.70. The average Bonchev–Trinajstić information content (AvgIpc) is 1.86. The van der Waals surface area contributed by atoms with E-state index in [4.69, 9.17) is 0 Å². The molecule has 0 heterocycles. The Hall–Kier alpha value is -0.0400. The summed E-state index contributed by atoms with van der Waals surface area (Å²) >= 11 is 0. The van der Waals surface area contributed by atoms with Gasteiger partial charge in [0, 0.05) is 0 Å². The molecule has 2 unspecified atom stereocenters. The first-order valence-electron chi connectivity index (χ1n) is 4.56. The van der Waals surface area contributed by atoms with Crippen molar-refractivity contribution >= 4 is 0 Å². The summed E-state index contributed by atoms with van der Waals surface area (Å²) in [6, 6.07) is 0. The van der Waals surface area contributed by atoms with Crippen LogP contribution in [0.3, 0.4) is 0 Å². The van der Waals surface area contributed by atoms with Crippen LogP contribution in [0.1, 0.15) is 40.0 Å². The predicted octanol–water partition coefficient (Wildman–Crippen LogP) is 2.40. The topological polar surface area (TPSA) is 20.2 Å². The number of hydrogen-bond donors (Lipinski definition) is 1. The molecule has 0 amide bonds. The van der Waals surface area contributed by atoms with Crippen LogP contribution in [0.5, 0.6) is 0 Å². The van der Waals surface area contributed by atoms with Crippen LogP contribution in [0, 0.1) is 18.3 Å². The second kappa shape index (κ2) is 3.14. The standard InChI is InChI=1S/C10H19O/c1-8-4-6-9(7-5-8)10(2,3)11/h6,8-9,11H,4-5,7H2,1-3H3. The van der Waals surface area contributed by atoms with Crippen molar-refractivity contribution in [2.24, 2.45) is 11.8 Å². The van der Waals surface area contributed by atoms with E-state index in [0.29, 0.717) is 5.92 Å². The molecular weight excluding hydrogens is 136 g/mol. The molecule has 0 aromatic carbocycles. The Balaban J connectivity index is 2.39. The molecule has 0 aromatic rings. The van der Waals surface area contributed by atoms with Gasteiger partial charge in [0.15, 0.2) is 0 Å². The van der Waals surface area contributed by atoms with Crippen molar-refractivity contribution in [3.8, 4) is 0 Å². The molecule has 1 rings (SSSR count). The lowest BCUT2D eigenvalue weighted by atomic mass is 9.75. The Morgan fingerprint density at radius 2 is 2.00 bits per heavy atom. The lowest BCUT2D eigenvalue weighted by Gasteiger charge is -2.34. The van der Waals surface area contributed by atoms with E-state index >= 15 is 0 Å². The third-order valence-corrected chi connectivity index (χ3v) is 2.70. The summed E-state index contributed by atoms with van der Waals surface area (Å²) < 4.78 is 0. The van der Waals surface area contributed by atoms with Crippen LogP contribution in [0.15, 0.2) is 0 Å². The van der Waals surface area contributed by atoms with Crippen molar-refractivity contribution in [2.75, 3.05) is 0 Å². The van der Waals surface area contributed by atoms with Crippen molar-refractivity contribution < 1.29 is 5.11 Å². The van der Waals surface area contributed by atoms with Gasteiger partial charge in [0.25, 0.3) is 0 Å². The Labute approximate surface area is 69.8 Å². The van der Waals surface area contributed by atoms with E-state index in [9.17, 15) is 5.11 Å². The second-order valence-electron chi connectivity index (χ2n) is 4.41. The Morgan fingerprint density at radius 1 is 1.36 bits per heavy atom. The summed E-state index contributed by atoms with van der Waals surface area (Å²) in [6.07, 6.45) is 5.89. The van der Waals surface area contributed by atoms with Gasteiger partial charge in [0.05, 0.1) is 5.60 Å². The van der Waals surface area contributed by atoms with Gasteiger partial charge < -0.3 is 5.11 Å². The van der Waals surface area contributed by atoms with Gasteiger partial charge in [-0.15, -0.1) is 0 Å². The molecule has 2 atom stereocenters. The highest BCUT2D eigenvalue weighted by atomic mass is 16.3. The zero-order valence-corrected chi connectivity index (χ0v) is 7.80. The quantitative estimate of drug-likeness (QED) is 0.616. The zero-order valence-electron chi connectivity index (χ0n) is 7.80. The Bertz CT molecular complexity index is 115. The molecule has 1 fully saturated rings. The van der Waals surface area contributed by atoms with Crippen molar-refractivity contribution in [1.29, 1.82) is 0 Å². The molecule has 1 N–H and O–H groups in total. The van der Waals surface area contributed by atoms with E-state index in [1.54, 1.807) is 0 Å². The lowest BCUT2D eigenvalue weighted by molar-refractivity contribution is 0.0165. The SMILES string of the molecule is CC1C[CH]C(C(C)(C)O)CC1. The lowest BCUT2D eigenvalue weighted by Crippen LogP contribution is -2.33. The van der Waals surface area contributed by atoms with Crippen molar-refractivity contribution in [3.05, 3.63) is 6.42 Å². The summed E-state index contributed by atoms with van der Waals surface area (Å²) in [5.41, 5.74) is -0.500. The van der Waals surface area contributed by atoms with Crippen LogP contribution < -0.4 is 0 Å². The van der Waals surface area contributed by atoms with E-state index in [1.165, 1.54) is 12.8 Å². The fourth-order valence-electron chi connectivity index (χ4n) is 1.74. The van der Waals surface area contributed by atoms with Gasteiger partial charge in [-0.1, -0.05) is 13.3 Å². The molecule has 0 saturated heterocycles. The van der Waals surface area contributed by atoms with Crippen LogP contribution in [-0.2, 0) is 0 Å². The van der Waals surface area contributed by atoms with Crippen LogP contribution in [-0.4, -0.2) is 10.7 Å². The normalized spacial score (nSPS) is 33.8. The highest BCUT2D eigenvalue weighted by Gasteiger charge is 2.29. The maximum absolute atomic E-state index is 9.70. The molecule has 0 spiro atoms. The second-order valence-corrected chi connectivity index (χ2v) is 4.41. The van der Waals surface area contributed by atoms with Crippen LogP contribution in [0.25, 0.3) is 0 Å². The van der Waals surface area contributed by atoms with Crippen LogP contribution in [0.4, 0.5) is 0 Å². The monoisotopic (exact) mass is 155 g/mol. The van der Waals surface area contributed by atoms with Gasteiger partial charge in [-0.2, -0.15) is 0 Å². The number of aliphatic hydroxyl groups is 1. The average molecular weight is 155 g/mol. The highest BCUT2D eigenvalue weighted by molar-refractivity contribution is 4.92. The Kier molecular flexibility index (Phi) is 2.58. The van der Waals surface area contributed by atoms with Gasteiger partial charge in [0.2, 0.25) is 0 Å². The highest BCUT2D eigenvalue weighted by Crippen LogP contribution is 2.33. The Morgan fingerprint density at radius 3 is 2.36 bits per heavy atom. The van der Waals surface area contributed by atoms with E-state index in [2.05, 4.69) is 13.3 Å². The summed E-state index contributed by atoms with van der Waals surface area (Å²) in [6.45, 7) is 6.09. The van der Waals surface area contributed by atoms with Crippen LogP contribution in [0.2, 0.25) is 0 Å². The molecule has 0 aromatic heterocycles. The molecule has 11 heavy (non-hydrogen) atoms. The van der Waals surface area contributed by atoms with Crippen LogP contribution >= 0.6 is 0 Å². The molecule has 0 bridgehead atoms. The summed E-state index contributed by atoms with van der Waals surface area (Å²) in [7, 11) is 0. The minimum Gasteiger partial charge on any atom is -0.390 e. The largest absolute Gasteiger partial charge is 0.390 e. The van der Waals surface area contributed by atoms with Gasteiger partial charge in [0.1, 0.15) is 0 Å². The van der Waals surface area contributed by atoms with E-state index in [0.717, 1.165) is 12.3 Å². The fraction of sp³-hybridized carbons (Fsp3) is 0.900. The third kappa shape index (κ3) is 2.48. The molecule has 1 aliphatic carbocycles. The molecule has 1 nitrogen and oxygen atoms in total. The van der Waals surface area contributed by atoms with Gasteiger partial charge in [-0.05, 0) is 44.9 Å². The molecule has 1 heteroatoms. The number of rotatable bonds is 1. The zero-order chi connectivity index (χ0) is 8.48. The summed E-state index contributed by atoms with van der Waals surface area (Å²) in [5, 5.41) is 9.70. The van der Waals surface area contributed by atoms with Crippen molar-refractivity contribution in [1.82, 2.24) is 0 Å². The molecule has 1 radical (unpaired) electrons. The molecule has 65 valence electrons. The van der Waals surface area contributed by atoms with Crippen molar-refractivity contribution in [3.63, 3.8) is 0 Å². The summed E-state index contributed by atoms with van der Waals surface area (Å²) in [4.78, 5) is 0. The first-order chi connectivity index (χ1) is 5.00. The molecular formula is C10H19O. The maximum atomic E-state index is 9.70.